The zero-order valence-electron chi connectivity index (χ0n) is 18.1. The van der Waals surface area contributed by atoms with Gasteiger partial charge in [0.25, 0.3) is 0 Å². The largest absolute Gasteiger partial charge is 0.394 e. The van der Waals surface area contributed by atoms with Gasteiger partial charge in [-0.1, -0.05) is 108 Å². The van der Waals surface area contributed by atoms with Gasteiger partial charge in [-0.15, -0.1) is 11.8 Å². The molecule has 0 bridgehead atoms. The van der Waals surface area contributed by atoms with Gasteiger partial charge in [0.2, 0.25) is 0 Å². The lowest BCUT2D eigenvalue weighted by atomic mass is 10.0. The summed E-state index contributed by atoms with van der Waals surface area (Å²) in [5.74, 6) is 6.42. The van der Waals surface area contributed by atoms with Crippen molar-refractivity contribution in [2.24, 2.45) is 0 Å². The van der Waals surface area contributed by atoms with Crippen LogP contribution in [0.15, 0.2) is 30.3 Å². The van der Waals surface area contributed by atoms with E-state index in [-0.39, 0.29) is 12.7 Å². The van der Waals surface area contributed by atoms with Crippen molar-refractivity contribution < 1.29 is 9.84 Å². The van der Waals surface area contributed by atoms with E-state index >= 15 is 0 Å². The molecule has 0 spiro atoms. The number of rotatable bonds is 17. The molecule has 0 amide bonds. The Hall–Kier alpha value is -1.30. The van der Waals surface area contributed by atoms with Gasteiger partial charge in [-0.05, 0) is 12.0 Å². The molecule has 1 atom stereocenters. The summed E-state index contributed by atoms with van der Waals surface area (Å²) in [5.41, 5.74) is 1.13. The first-order valence-electron chi connectivity index (χ1n) is 11.6. The fraction of sp³-hybridized carbons (Fsp3) is 0.692. The molecule has 28 heavy (non-hydrogen) atoms. The first-order chi connectivity index (χ1) is 13.9. The van der Waals surface area contributed by atoms with E-state index in [0.717, 1.165) is 12.0 Å². The highest BCUT2D eigenvalue weighted by Crippen LogP contribution is 2.12. The van der Waals surface area contributed by atoms with Crippen LogP contribution in [0.4, 0.5) is 0 Å². The van der Waals surface area contributed by atoms with E-state index in [1.807, 2.05) is 30.3 Å². The number of aliphatic hydroxyl groups excluding tert-OH is 1. The molecule has 0 aliphatic heterocycles. The van der Waals surface area contributed by atoms with Crippen LogP contribution in [0.25, 0.3) is 0 Å². The van der Waals surface area contributed by atoms with Gasteiger partial charge in [-0.3, -0.25) is 0 Å². The summed E-state index contributed by atoms with van der Waals surface area (Å²) < 4.78 is 5.74. The second-order valence-corrected chi connectivity index (χ2v) is 7.80. The zero-order chi connectivity index (χ0) is 20.1. The van der Waals surface area contributed by atoms with Crippen molar-refractivity contribution >= 4 is 0 Å². The number of aliphatic hydroxyl groups is 1. The van der Waals surface area contributed by atoms with Crippen molar-refractivity contribution in [2.45, 2.75) is 110 Å². The first-order valence-corrected chi connectivity index (χ1v) is 11.6. The van der Waals surface area contributed by atoms with Gasteiger partial charge in [-0.25, -0.2) is 0 Å². The maximum Gasteiger partial charge on any atom is 0.0919 e. The molecule has 1 aromatic rings. The Morgan fingerprint density at radius 2 is 1.36 bits per heavy atom. The van der Waals surface area contributed by atoms with Crippen molar-refractivity contribution in [2.75, 3.05) is 6.61 Å². The normalized spacial score (nSPS) is 11.8. The Morgan fingerprint density at radius 3 is 1.93 bits per heavy atom. The molecule has 0 radical (unpaired) electrons. The highest BCUT2D eigenvalue weighted by Gasteiger charge is 2.05. The van der Waals surface area contributed by atoms with Crippen LogP contribution in [0.1, 0.15) is 102 Å². The lowest BCUT2D eigenvalue weighted by Gasteiger charge is -2.12. The summed E-state index contributed by atoms with van der Waals surface area (Å²) in [6.45, 7) is 2.84. The molecular formula is C26H42O2. The fourth-order valence-electron chi connectivity index (χ4n) is 3.29. The molecule has 1 unspecified atom stereocenters. The van der Waals surface area contributed by atoms with Crippen LogP contribution in [-0.2, 0) is 11.3 Å². The molecule has 2 heteroatoms. The van der Waals surface area contributed by atoms with E-state index in [2.05, 4.69) is 18.8 Å². The lowest BCUT2D eigenvalue weighted by molar-refractivity contribution is 0.00599. The Bertz CT molecular complexity index is 500. The predicted octanol–water partition coefficient (Wildman–Crippen LogP) is 7.05. The molecule has 0 fully saturated rings. The predicted molar refractivity (Wildman–Crippen MR) is 120 cm³/mol. The van der Waals surface area contributed by atoms with E-state index in [0.29, 0.717) is 13.0 Å². The van der Waals surface area contributed by atoms with E-state index < -0.39 is 0 Å². The van der Waals surface area contributed by atoms with Crippen LogP contribution in [0.5, 0.6) is 0 Å². The van der Waals surface area contributed by atoms with Gasteiger partial charge in [0, 0.05) is 12.8 Å². The minimum absolute atomic E-state index is 0.0279. The minimum Gasteiger partial charge on any atom is -0.394 e. The monoisotopic (exact) mass is 386 g/mol. The van der Waals surface area contributed by atoms with Gasteiger partial charge in [-0.2, -0.15) is 0 Å². The molecule has 1 rings (SSSR count). The third-order valence-electron chi connectivity index (χ3n) is 5.14. The van der Waals surface area contributed by atoms with Gasteiger partial charge < -0.3 is 9.84 Å². The van der Waals surface area contributed by atoms with Gasteiger partial charge in [0.05, 0.1) is 19.3 Å². The SMILES string of the molecule is CCCCCCCCCCCCCCC#CCC(CO)OCc1ccccc1. The van der Waals surface area contributed by atoms with Gasteiger partial charge in [0.1, 0.15) is 0 Å². The smallest absolute Gasteiger partial charge is 0.0919 e. The molecule has 1 aromatic carbocycles. The van der Waals surface area contributed by atoms with Gasteiger partial charge in [0.15, 0.2) is 0 Å². The zero-order valence-corrected chi connectivity index (χ0v) is 18.1. The summed E-state index contributed by atoms with van der Waals surface area (Å²) in [5, 5.41) is 9.43. The first kappa shape index (κ1) is 24.7. The quantitative estimate of drug-likeness (QED) is 0.230. The summed E-state index contributed by atoms with van der Waals surface area (Å²) in [6, 6.07) is 10.1. The van der Waals surface area contributed by atoms with Crippen LogP contribution in [0, 0.1) is 11.8 Å². The lowest BCUT2D eigenvalue weighted by Crippen LogP contribution is -2.16. The topological polar surface area (TPSA) is 29.5 Å². The number of hydrogen-bond acceptors (Lipinski definition) is 2. The minimum atomic E-state index is -0.185. The van der Waals surface area contributed by atoms with Crippen LogP contribution in [0.3, 0.4) is 0 Å². The van der Waals surface area contributed by atoms with E-state index in [1.54, 1.807) is 0 Å². The maximum atomic E-state index is 9.43. The summed E-state index contributed by atoms with van der Waals surface area (Å²) in [7, 11) is 0. The van der Waals surface area contributed by atoms with Crippen LogP contribution in [-0.4, -0.2) is 17.8 Å². The van der Waals surface area contributed by atoms with E-state index in [1.165, 1.54) is 77.0 Å². The number of ether oxygens (including phenoxy) is 1. The molecule has 0 aliphatic carbocycles. The maximum absolute atomic E-state index is 9.43. The summed E-state index contributed by atoms with van der Waals surface area (Å²) in [6.07, 6.45) is 17.9. The van der Waals surface area contributed by atoms with E-state index in [9.17, 15) is 5.11 Å². The molecular weight excluding hydrogens is 344 g/mol. The van der Waals surface area contributed by atoms with Gasteiger partial charge >= 0.3 is 0 Å². The Kier molecular flexibility index (Phi) is 16.8. The summed E-state index contributed by atoms with van der Waals surface area (Å²) >= 11 is 0. The highest BCUT2D eigenvalue weighted by atomic mass is 16.5. The van der Waals surface area contributed by atoms with Crippen LogP contribution >= 0.6 is 0 Å². The molecule has 0 aliphatic rings. The molecule has 0 heterocycles. The Labute approximate surface area is 174 Å². The van der Waals surface area contributed by atoms with Crippen LogP contribution < -0.4 is 0 Å². The van der Waals surface area contributed by atoms with E-state index in [4.69, 9.17) is 4.74 Å². The van der Waals surface area contributed by atoms with Crippen molar-refractivity contribution in [3.63, 3.8) is 0 Å². The molecule has 0 saturated carbocycles. The average Bonchev–Trinajstić information content (AvgIpc) is 2.73. The molecule has 0 aromatic heterocycles. The van der Waals surface area contributed by atoms with Crippen LogP contribution in [0.2, 0.25) is 0 Å². The average molecular weight is 387 g/mol. The number of unbranched alkanes of at least 4 members (excludes halogenated alkanes) is 12. The van der Waals surface area contributed by atoms with Crippen molar-refractivity contribution in [3.8, 4) is 11.8 Å². The molecule has 1 N–H and O–H groups in total. The third kappa shape index (κ3) is 14.7. The number of benzene rings is 1. The molecule has 0 saturated heterocycles. The number of hydrogen-bond donors (Lipinski definition) is 1. The fourth-order valence-corrected chi connectivity index (χ4v) is 3.29. The summed E-state index contributed by atoms with van der Waals surface area (Å²) in [4.78, 5) is 0. The van der Waals surface area contributed by atoms with Crippen molar-refractivity contribution in [1.29, 1.82) is 0 Å². The molecule has 2 nitrogen and oxygen atoms in total. The van der Waals surface area contributed by atoms with Crippen molar-refractivity contribution in [1.82, 2.24) is 0 Å². The molecule has 158 valence electrons. The second kappa shape index (κ2) is 19.0. The highest BCUT2D eigenvalue weighted by molar-refractivity contribution is 5.13. The third-order valence-corrected chi connectivity index (χ3v) is 5.14. The Morgan fingerprint density at radius 1 is 0.786 bits per heavy atom. The Balaban J connectivity index is 1.91. The second-order valence-electron chi connectivity index (χ2n) is 7.80. The standard InChI is InChI=1S/C26H42O2/c1-2-3-4-5-6-7-8-9-10-11-12-13-14-15-19-22-26(23-27)28-24-25-20-17-16-18-21-25/h16-18,20-21,26-27H,2-14,22-24H2,1H3. The van der Waals surface area contributed by atoms with Crippen molar-refractivity contribution in [3.05, 3.63) is 35.9 Å².